The molecule has 98 valence electrons. The van der Waals surface area contributed by atoms with Gasteiger partial charge in [-0.25, -0.2) is 0 Å². The first-order valence-corrected chi connectivity index (χ1v) is 7.31. The van der Waals surface area contributed by atoms with E-state index in [1.54, 1.807) is 0 Å². The van der Waals surface area contributed by atoms with Crippen molar-refractivity contribution in [2.45, 2.75) is 41.9 Å². The Bertz CT molecular complexity index is 410. The summed E-state index contributed by atoms with van der Waals surface area (Å²) < 4.78 is 0. The Hall–Kier alpha value is -1.00. The zero-order chi connectivity index (χ0) is 13.0. The summed E-state index contributed by atoms with van der Waals surface area (Å²) in [5, 5.41) is 3.76. The van der Waals surface area contributed by atoms with Crippen LogP contribution in [0.4, 0.5) is 0 Å². The summed E-state index contributed by atoms with van der Waals surface area (Å²) in [5.74, 6) is -0.208. The lowest BCUT2D eigenvalue weighted by atomic mass is 9.97. The average molecular weight is 264 g/mol. The number of rotatable bonds is 5. The predicted octanol–water partition coefficient (Wildman–Crippen LogP) is 2.16. The minimum Gasteiger partial charge on any atom is -0.368 e. The number of nitrogens with one attached hydrogen (secondary N) is 1. The van der Waals surface area contributed by atoms with Crippen molar-refractivity contribution in [3.8, 4) is 0 Å². The molecule has 0 radical (unpaired) electrons. The first-order chi connectivity index (χ1) is 8.66. The molecule has 2 atom stereocenters. The van der Waals surface area contributed by atoms with E-state index in [2.05, 4.69) is 17.4 Å². The van der Waals surface area contributed by atoms with Crippen LogP contribution in [0, 0.1) is 0 Å². The number of hydrogen-bond acceptors (Lipinski definition) is 3. The van der Waals surface area contributed by atoms with Gasteiger partial charge in [0.2, 0.25) is 5.91 Å². The smallest absolute Gasteiger partial charge is 0.237 e. The summed E-state index contributed by atoms with van der Waals surface area (Å²) in [7, 11) is 0. The summed E-state index contributed by atoms with van der Waals surface area (Å²) >= 11 is 1.85. The molecular formula is C14H20N2OS. The van der Waals surface area contributed by atoms with Gasteiger partial charge < -0.3 is 11.1 Å². The molecule has 1 aromatic carbocycles. The van der Waals surface area contributed by atoms with Gasteiger partial charge in [0, 0.05) is 10.1 Å². The third-order valence-electron chi connectivity index (χ3n) is 3.50. The molecular weight excluding hydrogens is 244 g/mol. The minimum atomic E-state index is -0.485. The second kappa shape index (κ2) is 5.76. The topological polar surface area (TPSA) is 55.1 Å². The zero-order valence-corrected chi connectivity index (χ0v) is 11.5. The molecule has 1 aliphatic rings. The molecule has 18 heavy (non-hydrogen) atoms. The molecule has 4 heteroatoms. The van der Waals surface area contributed by atoms with E-state index in [-0.39, 0.29) is 5.91 Å². The Morgan fingerprint density at radius 3 is 2.83 bits per heavy atom. The zero-order valence-electron chi connectivity index (χ0n) is 10.7. The molecule has 2 unspecified atom stereocenters. The van der Waals surface area contributed by atoms with Crippen LogP contribution in [0.3, 0.4) is 0 Å². The van der Waals surface area contributed by atoms with E-state index >= 15 is 0 Å². The second-order valence-electron chi connectivity index (χ2n) is 4.77. The fourth-order valence-electron chi connectivity index (χ4n) is 2.60. The van der Waals surface area contributed by atoms with Crippen molar-refractivity contribution < 1.29 is 4.79 Å². The Morgan fingerprint density at radius 1 is 1.50 bits per heavy atom. The van der Waals surface area contributed by atoms with Gasteiger partial charge in [-0.3, -0.25) is 4.79 Å². The van der Waals surface area contributed by atoms with E-state index in [1.165, 1.54) is 4.90 Å². The Labute approximate surface area is 113 Å². The van der Waals surface area contributed by atoms with E-state index in [0.29, 0.717) is 5.25 Å². The van der Waals surface area contributed by atoms with Crippen molar-refractivity contribution in [1.82, 2.24) is 5.32 Å². The summed E-state index contributed by atoms with van der Waals surface area (Å²) in [5.41, 5.74) is 5.08. The number of primary amides is 1. The van der Waals surface area contributed by atoms with Crippen LogP contribution in [0.15, 0.2) is 35.2 Å². The van der Waals surface area contributed by atoms with Crippen LogP contribution in [-0.4, -0.2) is 23.2 Å². The summed E-state index contributed by atoms with van der Waals surface area (Å²) in [6.45, 7) is 2.80. The molecule has 0 saturated heterocycles. The van der Waals surface area contributed by atoms with Crippen LogP contribution in [0.2, 0.25) is 0 Å². The van der Waals surface area contributed by atoms with E-state index in [4.69, 9.17) is 5.73 Å². The third-order valence-corrected chi connectivity index (χ3v) is 4.78. The molecule has 1 saturated carbocycles. The van der Waals surface area contributed by atoms with E-state index in [9.17, 15) is 4.79 Å². The maximum atomic E-state index is 11.7. The van der Waals surface area contributed by atoms with Gasteiger partial charge in [-0.15, -0.1) is 11.8 Å². The van der Waals surface area contributed by atoms with Gasteiger partial charge in [0.1, 0.15) is 0 Å². The quantitative estimate of drug-likeness (QED) is 0.857. The van der Waals surface area contributed by atoms with Gasteiger partial charge in [0.25, 0.3) is 0 Å². The number of likely N-dealkylation sites (N-methyl/N-ethyl adjacent to an activating group) is 1. The minimum absolute atomic E-state index is 0.208. The highest BCUT2D eigenvalue weighted by molar-refractivity contribution is 8.00. The molecule has 1 amide bonds. The highest BCUT2D eigenvalue weighted by Gasteiger charge is 2.43. The maximum absolute atomic E-state index is 11.7. The first kappa shape index (κ1) is 13.4. The number of nitrogens with two attached hydrogens (primary N) is 1. The normalized spacial score (nSPS) is 27.3. The second-order valence-corrected chi connectivity index (χ2v) is 6.15. The van der Waals surface area contributed by atoms with Crippen LogP contribution in [0.5, 0.6) is 0 Å². The Morgan fingerprint density at radius 2 is 2.22 bits per heavy atom. The van der Waals surface area contributed by atoms with E-state index in [1.807, 2.05) is 36.9 Å². The highest BCUT2D eigenvalue weighted by Crippen LogP contribution is 2.40. The SMILES string of the molecule is CCNC1(C(N)=O)CCC(Sc2ccccc2)C1. The van der Waals surface area contributed by atoms with Crippen LogP contribution in [0.25, 0.3) is 0 Å². The number of carbonyl (C=O) groups is 1. The standard InChI is InChI=1S/C14H20N2OS/c1-2-16-14(13(15)17)9-8-12(10-14)18-11-6-4-3-5-7-11/h3-7,12,16H,2,8-10H2,1H3,(H2,15,17). The molecule has 0 bridgehead atoms. The Balaban J connectivity index is 2.01. The summed E-state index contributed by atoms with van der Waals surface area (Å²) in [4.78, 5) is 12.9. The summed E-state index contributed by atoms with van der Waals surface area (Å²) in [6.07, 6.45) is 2.71. The van der Waals surface area contributed by atoms with Gasteiger partial charge in [-0.05, 0) is 37.9 Å². The molecule has 3 nitrogen and oxygen atoms in total. The van der Waals surface area contributed by atoms with Gasteiger partial charge in [-0.2, -0.15) is 0 Å². The first-order valence-electron chi connectivity index (χ1n) is 6.43. The van der Waals surface area contributed by atoms with E-state index < -0.39 is 5.54 Å². The van der Waals surface area contributed by atoms with Crippen LogP contribution in [-0.2, 0) is 4.79 Å². The summed E-state index contributed by atoms with van der Waals surface area (Å²) in [6, 6.07) is 10.3. The van der Waals surface area contributed by atoms with Crippen molar-refractivity contribution >= 4 is 17.7 Å². The largest absolute Gasteiger partial charge is 0.368 e. The van der Waals surface area contributed by atoms with Crippen molar-refractivity contribution in [3.05, 3.63) is 30.3 Å². The molecule has 0 heterocycles. The molecule has 1 aromatic rings. The van der Waals surface area contributed by atoms with Crippen LogP contribution < -0.4 is 11.1 Å². The average Bonchev–Trinajstić information content (AvgIpc) is 2.76. The number of benzene rings is 1. The fourth-order valence-corrected chi connectivity index (χ4v) is 3.90. The number of amides is 1. The molecule has 1 aliphatic carbocycles. The molecule has 2 rings (SSSR count). The lowest BCUT2D eigenvalue weighted by molar-refractivity contribution is -0.124. The maximum Gasteiger partial charge on any atom is 0.237 e. The van der Waals surface area contributed by atoms with Crippen molar-refractivity contribution in [3.63, 3.8) is 0 Å². The molecule has 0 aliphatic heterocycles. The lowest BCUT2D eigenvalue weighted by Crippen LogP contribution is -2.53. The van der Waals surface area contributed by atoms with Crippen molar-refractivity contribution in [1.29, 1.82) is 0 Å². The molecule has 1 fully saturated rings. The van der Waals surface area contributed by atoms with Crippen molar-refractivity contribution in [2.24, 2.45) is 5.73 Å². The lowest BCUT2D eigenvalue weighted by Gasteiger charge is -2.26. The van der Waals surface area contributed by atoms with Gasteiger partial charge in [0.15, 0.2) is 0 Å². The number of thioether (sulfide) groups is 1. The van der Waals surface area contributed by atoms with Gasteiger partial charge in [-0.1, -0.05) is 25.1 Å². The predicted molar refractivity (Wildman–Crippen MR) is 75.5 cm³/mol. The molecule has 3 N–H and O–H groups in total. The molecule has 0 spiro atoms. The third kappa shape index (κ3) is 2.87. The highest BCUT2D eigenvalue weighted by atomic mass is 32.2. The van der Waals surface area contributed by atoms with Crippen LogP contribution in [0.1, 0.15) is 26.2 Å². The number of hydrogen-bond donors (Lipinski definition) is 2. The Kier molecular flexibility index (Phi) is 4.30. The number of carbonyl (C=O) groups excluding carboxylic acids is 1. The van der Waals surface area contributed by atoms with Gasteiger partial charge in [0.05, 0.1) is 5.54 Å². The van der Waals surface area contributed by atoms with Crippen LogP contribution >= 0.6 is 11.8 Å². The van der Waals surface area contributed by atoms with Gasteiger partial charge >= 0.3 is 0 Å². The van der Waals surface area contributed by atoms with Crippen molar-refractivity contribution in [2.75, 3.05) is 6.54 Å². The fraction of sp³-hybridized carbons (Fsp3) is 0.500. The molecule has 0 aromatic heterocycles. The monoisotopic (exact) mass is 264 g/mol. The van der Waals surface area contributed by atoms with E-state index in [0.717, 1.165) is 25.8 Å².